The molecule has 8 heteroatoms. The van der Waals surface area contributed by atoms with Crippen molar-refractivity contribution in [2.24, 2.45) is 5.92 Å². The Morgan fingerprint density at radius 2 is 1.62 bits per heavy atom. The van der Waals surface area contributed by atoms with Crippen LogP contribution < -0.4 is 20.9 Å². The highest BCUT2D eigenvalue weighted by atomic mass is 19.1. The van der Waals surface area contributed by atoms with E-state index in [2.05, 4.69) is 16.2 Å². The third-order valence-electron chi connectivity index (χ3n) is 4.08. The number of ether oxygens (including phenoxy) is 1. The molecule has 0 aliphatic heterocycles. The molecule has 2 rings (SSSR count). The smallest absolute Gasteiger partial charge is 0.269 e. The lowest BCUT2D eigenvalue weighted by Gasteiger charge is -2.22. The van der Waals surface area contributed by atoms with Crippen LogP contribution in [-0.4, -0.2) is 30.4 Å². The summed E-state index contributed by atoms with van der Waals surface area (Å²) in [6.45, 7) is 5.81. The molecule has 7 nitrogen and oxygen atoms in total. The van der Waals surface area contributed by atoms with E-state index in [1.807, 2.05) is 6.92 Å². The molecule has 3 N–H and O–H groups in total. The Balaban J connectivity index is 1.97. The maximum Gasteiger partial charge on any atom is 0.269 e. The van der Waals surface area contributed by atoms with E-state index in [9.17, 15) is 18.8 Å². The first-order valence-electron chi connectivity index (χ1n) is 9.22. The van der Waals surface area contributed by atoms with Crippen LogP contribution in [0.3, 0.4) is 0 Å². The van der Waals surface area contributed by atoms with Gasteiger partial charge in [-0.2, -0.15) is 0 Å². The van der Waals surface area contributed by atoms with Crippen molar-refractivity contribution in [3.8, 4) is 5.75 Å². The predicted molar refractivity (Wildman–Crippen MR) is 106 cm³/mol. The zero-order valence-electron chi connectivity index (χ0n) is 16.5. The molecular formula is C21H24FN3O4. The molecule has 0 bridgehead atoms. The van der Waals surface area contributed by atoms with Gasteiger partial charge in [-0.3, -0.25) is 25.2 Å². The second-order valence-corrected chi connectivity index (χ2v) is 6.58. The van der Waals surface area contributed by atoms with Gasteiger partial charge in [0.2, 0.25) is 0 Å². The Morgan fingerprint density at radius 3 is 2.21 bits per heavy atom. The summed E-state index contributed by atoms with van der Waals surface area (Å²) >= 11 is 0. The molecule has 0 unspecified atom stereocenters. The predicted octanol–water partition coefficient (Wildman–Crippen LogP) is 2.44. The van der Waals surface area contributed by atoms with Gasteiger partial charge in [-0.1, -0.05) is 26.0 Å². The molecule has 0 aromatic heterocycles. The molecule has 0 saturated heterocycles. The molecule has 2 aromatic carbocycles. The fourth-order valence-electron chi connectivity index (χ4n) is 2.54. The summed E-state index contributed by atoms with van der Waals surface area (Å²) in [5.41, 5.74) is 4.76. The number of benzene rings is 2. The highest BCUT2D eigenvalue weighted by Crippen LogP contribution is 2.12. The number of amides is 3. The van der Waals surface area contributed by atoms with E-state index in [0.29, 0.717) is 17.9 Å². The van der Waals surface area contributed by atoms with Crippen molar-refractivity contribution >= 4 is 17.7 Å². The van der Waals surface area contributed by atoms with Crippen LogP contribution in [0.2, 0.25) is 0 Å². The molecule has 0 radical (unpaired) electrons. The Bertz CT molecular complexity index is 868. The van der Waals surface area contributed by atoms with Crippen molar-refractivity contribution in [1.29, 1.82) is 0 Å². The highest BCUT2D eigenvalue weighted by Gasteiger charge is 2.26. The van der Waals surface area contributed by atoms with Gasteiger partial charge >= 0.3 is 0 Å². The lowest BCUT2D eigenvalue weighted by atomic mass is 10.0. The van der Waals surface area contributed by atoms with Crippen molar-refractivity contribution in [1.82, 2.24) is 16.2 Å². The molecule has 2 aromatic rings. The normalized spacial score (nSPS) is 11.5. The zero-order valence-corrected chi connectivity index (χ0v) is 16.5. The standard InChI is InChI=1S/C21H24FN3O4/c1-4-29-15-11-9-14(10-12-15)19(26)24-25-21(28)18(13(2)3)23-20(27)16-7-5-6-8-17(16)22/h5-13,18H,4H2,1-3H3,(H,23,27)(H,24,26)(H,25,28)/t18-/m0/s1. The molecule has 29 heavy (non-hydrogen) atoms. The third-order valence-corrected chi connectivity index (χ3v) is 4.08. The average molecular weight is 401 g/mol. The van der Waals surface area contributed by atoms with Crippen molar-refractivity contribution in [2.45, 2.75) is 26.8 Å². The summed E-state index contributed by atoms with van der Waals surface area (Å²) in [6, 6.07) is 10.9. The average Bonchev–Trinajstić information content (AvgIpc) is 2.70. The van der Waals surface area contributed by atoms with Crippen LogP contribution in [0.4, 0.5) is 4.39 Å². The van der Waals surface area contributed by atoms with Crippen LogP contribution in [0.25, 0.3) is 0 Å². The van der Waals surface area contributed by atoms with Gasteiger partial charge in [0.05, 0.1) is 12.2 Å². The number of nitrogens with one attached hydrogen (secondary N) is 3. The van der Waals surface area contributed by atoms with Gasteiger partial charge in [-0.05, 0) is 49.2 Å². The minimum Gasteiger partial charge on any atom is -0.494 e. The van der Waals surface area contributed by atoms with E-state index in [-0.39, 0.29) is 11.5 Å². The molecule has 1 atom stereocenters. The Hall–Kier alpha value is -3.42. The zero-order chi connectivity index (χ0) is 21.4. The molecule has 0 aliphatic carbocycles. The van der Waals surface area contributed by atoms with Crippen LogP contribution in [0, 0.1) is 11.7 Å². The van der Waals surface area contributed by atoms with Crippen LogP contribution in [0.1, 0.15) is 41.5 Å². The summed E-state index contributed by atoms with van der Waals surface area (Å²) in [5, 5.41) is 2.50. The largest absolute Gasteiger partial charge is 0.494 e. The number of hydrogen-bond donors (Lipinski definition) is 3. The summed E-state index contributed by atoms with van der Waals surface area (Å²) < 4.78 is 19.1. The highest BCUT2D eigenvalue weighted by molar-refractivity contribution is 5.99. The molecular weight excluding hydrogens is 377 g/mol. The van der Waals surface area contributed by atoms with E-state index < -0.39 is 29.6 Å². The molecule has 154 valence electrons. The molecule has 0 fully saturated rings. The van der Waals surface area contributed by atoms with E-state index in [4.69, 9.17) is 4.74 Å². The summed E-state index contributed by atoms with van der Waals surface area (Å²) in [6.07, 6.45) is 0. The Morgan fingerprint density at radius 1 is 0.966 bits per heavy atom. The van der Waals surface area contributed by atoms with E-state index in [1.54, 1.807) is 38.1 Å². The van der Waals surface area contributed by atoms with Gasteiger partial charge in [-0.15, -0.1) is 0 Å². The SMILES string of the molecule is CCOc1ccc(C(=O)NNC(=O)[C@@H](NC(=O)c2ccccc2F)C(C)C)cc1. The van der Waals surface area contributed by atoms with E-state index in [0.717, 1.165) is 6.07 Å². The third kappa shape index (κ3) is 6.03. The van der Waals surface area contributed by atoms with Crippen LogP contribution in [0.5, 0.6) is 5.75 Å². The van der Waals surface area contributed by atoms with E-state index in [1.165, 1.54) is 18.2 Å². The Labute approximate surface area is 168 Å². The van der Waals surface area contributed by atoms with Crippen molar-refractivity contribution in [3.63, 3.8) is 0 Å². The maximum atomic E-state index is 13.8. The number of hydrogen-bond acceptors (Lipinski definition) is 4. The summed E-state index contributed by atoms with van der Waals surface area (Å²) in [5.74, 6) is -2.21. The second kappa shape index (κ2) is 10.2. The van der Waals surface area contributed by atoms with Crippen molar-refractivity contribution in [3.05, 3.63) is 65.5 Å². The number of halogens is 1. The molecule has 3 amide bonds. The minimum atomic E-state index is -0.970. The lowest BCUT2D eigenvalue weighted by molar-refractivity contribution is -0.124. The summed E-state index contributed by atoms with van der Waals surface area (Å²) in [4.78, 5) is 37.0. The second-order valence-electron chi connectivity index (χ2n) is 6.58. The minimum absolute atomic E-state index is 0.163. The molecule has 0 aliphatic rings. The van der Waals surface area contributed by atoms with Crippen molar-refractivity contribution in [2.75, 3.05) is 6.61 Å². The lowest BCUT2D eigenvalue weighted by Crippen LogP contribution is -2.54. The topological polar surface area (TPSA) is 96.5 Å². The first-order chi connectivity index (χ1) is 13.8. The number of carbonyl (C=O) groups is 3. The van der Waals surface area contributed by atoms with Gasteiger partial charge < -0.3 is 10.1 Å². The molecule has 0 saturated carbocycles. The fourth-order valence-corrected chi connectivity index (χ4v) is 2.54. The van der Waals surface area contributed by atoms with Crippen LogP contribution >= 0.6 is 0 Å². The van der Waals surface area contributed by atoms with Crippen LogP contribution in [0.15, 0.2) is 48.5 Å². The van der Waals surface area contributed by atoms with Gasteiger partial charge in [-0.25, -0.2) is 4.39 Å². The van der Waals surface area contributed by atoms with Gasteiger partial charge in [0.1, 0.15) is 17.6 Å². The molecule has 0 spiro atoms. The number of hydrazine groups is 1. The van der Waals surface area contributed by atoms with Gasteiger partial charge in [0.25, 0.3) is 17.7 Å². The quantitative estimate of drug-likeness (QED) is 0.621. The van der Waals surface area contributed by atoms with Gasteiger partial charge in [0, 0.05) is 5.56 Å². The maximum absolute atomic E-state index is 13.8. The van der Waals surface area contributed by atoms with E-state index >= 15 is 0 Å². The fraction of sp³-hybridized carbons (Fsp3) is 0.286. The molecule has 0 heterocycles. The Kier molecular flexibility index (Phi) is 7.70. The number of rotatable bonds is 7. The first kappa shape index (κ1) is 21.9. The van der Waals surface area contributed by atoms with Crippen molar-refractivity contribution < 1.29 is 23.5 Å². The summed E-state index contributed by atoms with van der Waals surface area (Å²) in [7, 11) is 0. The number of carbonyl (C=O) groups excluding carboxylic acids is 3. The first-order valence-corrected chi connectivity index (χ1v) is 9.22. The van der Waals surface area contributed by atoms with Gasteiger partial charge in [0.15, 0.2) is 0 Å². The van der Waals surface area contributed by atoms with Crippen LogP contribution in [-0.2, 0) is 4.79 Å². The monoisotopic (exact) mass is 401 g/mol.